The minimum absolute atomic E-state index is 0.0604. The molecule has 0 fully saturated rings. The Balaban J connectivity index is 1.72. The highest BCUT2D eigenvalue weighted by atomic mass is 32.2. The molecule has 0 saturated heterocycles. The summed E-state index contributed by atoms with van der Waals surface area (Å²) in [5.41, 5.74) is 9.43. The van der Waals surface area contributed by atoms with Crippen molar-refractivity contribution in [3.8, 4) is 6.07 Å². The van der Waals surface area contributed by atoms with Crippen molar-refractivity contribution in [2.24, 2.45) is 5.73 Å². The molecular formula is C25H21N5OS2. The van der Waals surface area contributed by atoms with Gasteiger partial charge in [-0.2, -0.15) is 5.26 Å². The van der Waals surface area contributed by atoms with Crippen molar-refractivity contribution in [2.75, 3.05) is 10.7 Å². The van der Waals surface area contributed by atoms with Gasteiger partial charge in [-0.15, -0.1) is 16.8 Å². The maximum absolute atomic E-state index is 13.3. The maximum Gasteiger partial charge on any atom is 0.219 e. The van der Waals surface area contributed by atoms with Gasteiger partial charge in [-0.05, 0) is 29.2 Å². The fourth-order valence-electron chi connectivity index (χ4n) is 4.60. The van der Waals surface area contributed by atoms with Crippen molar-refractivity contribution in [3.63, 3.8) is 0 Å². The highest BCUT2D eigenvalue weighted by Gasteiger charge is 2.41. The average molecular weight is 472 g/mol. The molecule has 0 radical (unpaired) electrons. The number of nitrogens with zero attached hydrogens (tertiary/aromatic N) is 4. The van der Waals surface area contributed by atoms with Crippen molar-refractivity contribution in [1.29, 1.82) is 5.26 Å². The summed E-state index contributed by atoms with van der Waals surface area (Å²) in [6.45, 7) is 3.74. The summed E-state index contributed by atoms with van der Waals surface area (Å²) in [4.78, 5) is 15.1. The number of thioether (sulfide) groups is 1. The third-order valence-corrected chi connectivity index (χ3v) is 8.00. The summed E-state index contributed by atoms with van der Waals surface area (Å²) >= 11 is 2.94. The highest BCUT2D eigenvalue weighted by Crippen LogP contribution is 2.48. The molecule has 1 aromatic heterocycles. The topological polar surface area (TPSA) is 95.9 Å². The summed E-state index contributed by atoms with van der Waals surface area (Å²) in [5, 5.41) is 21.5. The standard InChI is InChI=1S/C25H21N5OS2/c1-2-13-32-25-29-28-24(33-25)30-19-11-6-12-20(31)22(19)21(18(14-26)23(30)27)17-10-5-8-15-7-3-4-9-16(15)17/h2-5,7-10,21H,1,6,11-13,27H2. The first-order valence-corrected chi connectivity index (χ1v) is 12.4. The Hall–Kier alpha value is -3.41. The van der Waals surface area contributed by atoms with Gasteiger partial charge in [0.2, 0.25) is 5.13 Å². The van der Waals surface area contributed by atoms with Crippen molar-refractivity contribution in [1.82, 2.24) is 10.2 Å². The first kappa shape index (κ1) is 21.4. The number of aromatic nitrogens is 2. The second-order valence-corrected chi connectivity index (χ2v) is 10.1. The third-order valence-electron chi connectivity index (χ3n) is 5.96. The number of rotatable bonds is 5. The summed E-state index contributed by atoms with van der Waals surface area (Å²) < 4.78 is 0.789. The summed E-state index contributed by atoms with van der Waals surface area (Å²) in [5.74, 6) is 0.604. The van der Waals surface area contributed by atoms with Gasteiger partial charge in [0.05, 0.1) is 17.6 Å². The van der Waals surface area contributed by atoms with E-state index < -0.39 is 5.92 Å². The quantitative estimate of drug-likeness (QED) is 0.400. The molecule has 2 N–H and O–H groups in total. The fourth-order valence-corrected chi connectivity index (χ4v) is 6.24. The molecular weight excluding hydrogens is 450 g/mol. The Morgan fingerprint density at radius 1 is 1.24 bits per heavy atom. The van der Waals surface area contributed by atoms with Crippen LogP contribution in [0.2, 0.25) is 0 Å². The van der Waals surface area contributed by atoms with Crippen LogP contribution >= 0.6 is 23.1 Å². The molecule has 1 aliphatic heterocycles. The van der Waals surface area contributed by atoms with E-state index in [-0.39, 0.29) is 5.78 Å². The van der Waals surface area contributed by atoms with Gasteiger partial charge in [0.1, 0.15) is 5.82 Å². The molecule has 5 rings (SSSR count). The first-order valence-electron chi connectivity index (χ1n) is 10.6. The number of hydrogen-bond donors (Lipinski definition) is 1. The van der Waals surface area contributed by atoms with E-state index >= 15 is 0 Å². The molecule has 3 aromatic rings. The number of anilines is 1. The Morgan fingerprint density at radius 2 is 2.06 bits per heavy atom. The van der Waals surface area contributed by atoms with Crippen LogP contribution in [0.1, 0.15) is 30.7 Å². The largest absolute Gasteiger partial charge is 0.384 e. The molecule has 0 bridgehead atoms. The zero-order valence-electron chi connectivity index (χ0n) is 17.8. The molecule has 0 spiro atoms. The number of allylic oxidation sites excluding steroid dienone is 3. The van der Waals surface area contributed by atoms with Crippen LogP contribution < -0.4 is 10.6 Å². The van der Waals surface area contributed by atoms with Crippen molar-refractivity contribution >= 4 is 44.8 Å². The number of benzene rings is 2. The SMILES string of the molecule is C=CCSc1nnc(N2C(N)=C(C#N)C(c3cccc4ccccc34)C3=C2CCCC3=O)s1. The van der Waals surface area contributed by atoms with Crippen LogP contribution in [0.5, 0.6) is 0 Å². The molecule has 164 valence electrons. The Bertz CT molecular complexity index is 1380. The molecule has 33 heavy (non-hydrogen) atoms. The number of Topliss-reactive ketones (excluding diaryl/α,β-unsaturated/α-hetero) is 1. The number of hydrogen-bond acceptors (Lipinski definition) is 8. The van der Waals surface area contributed by atoms with Crippen LogP contribution in [0, 0.1) is 11.3 Å². The normalized spacial score (nSPS) is 18.5. The highest BCUT2D eigenvalue weighted by molar-refractivity contribution is 8.01. The molecule has 1 atom stereocenters. The third kappa shape index (κ3) is 3.63. The van der Waals surface area contributed by atoms with Crippen LogP contribution in [0.15, 0.2) is 82.1 Å². The average Bonchev–Trinajstić information content (AvgIpc) is 3.30. The van der Waals surface area contributed by atoms with Crippen LogP contribution in [-0.4, -0.2) is 21.7 Å². The predicted molar refractivity (Wildman–Crippen MR) is 133 cm³/mol. The van der Waals surface area contributed by atoms with E-state index in [1.165, 1.54) is 23.1 Å². The van der Waals surface area contributed by atoms with E-state index in [0.717, 1.165) is 38.5 Å². The fraction of sp³-hybridized carbons (Fsp3) is 0.200. The molecule has 1 unspecified atom stereocenters. The number of carbonyl (C=O) groups is 1. The zero-order chi connectivity index (χ0) is 22.9. The van der Waals surface area contributed by atoms with Crippen molar-refractivity contribution in [3.05, 3.63) is 83.3 Å². The zero-order valence-corrected chi connectivity index (χ0v) is 19.5. The van der Waals surface area contributed by atoms with E-state index in [0.29, 0.717) is 34.9 Å². The van der Waals surface area contributed by atoms with Crippen molar-refractivity contribution < 1.29 is 4.79 Å². The Labute approximate surface area is 200 Å². The lowest BCUT2D eigenvalue weighted by Gasteiger charge is -2.38. The number of carbonyl (C=O) groups excluding carboxylic acids is 1. The minimum Gasteiger partial charge on any atom is -0.384 e. The van der Waals surface area contributed by atoms with Gasteiger partial charge in [0.15, 0.2) is 10.1 Å². The number of fused-ring (bicyclic) bond motifs is 1. The van der Waals surface area contributed by atoms with Gasteiger partial charge in [-0.3, -0.25) is 9.69 Å². The Kier molecular flexibility index (Phi) is 5.75. The van der Waals surface area contributed by atoms with E-state index in [1.807, 2.05) is 48.5 Å². The van der Waals surface area contributed by atoms with Gasteiger partial charge in [0.25, 0.3) is 0 Å². The molecule has 6 nitrogen and oxygen atoms in total. The second-order valence-electron chi connectivity index (χ2n) is 7.83. The van der Waals surface area contributed by atoms with E-state index in [1.54, 1.807) is 4.90 Å². The summed E-state index contributed by atoms with van der Waals surface area (Å²) in [6.07, 6.45) is 3.70. The molecule has 0 amide bonds. The number of nitriles is 1. The van der Waals surface area contributed by atoms with Crippen LogP contribution in [-0.2, 0) is 4.79 Å². The van der Waals surface area contributed by atoms with E-state index in [9.17, 15) is 10.1 Å². The van der Waals surface area contributed by atoms with Gasteiger partial charge in [0, 0.05) is 23.4 Å². The van der Waals surface area contributed by atoms with Gasteiger partial charge < -0.3 is 5.73 Å². The maximum atomic E-state index is 13.3. The first-order chi connectivity index (χ1) is 16.1. The number of ketones is 1. The molecule has 0 saturated carbocycles. The Morgan fingerprint density at radius 3 is 2.88 bits per heavy atom. The second kappa shape index (κ2) is 8.85. The lowest BCUT2D eigenvalue weighted by Crippen LogP contribution is -2.38. The minimum atomic E-state index is -0.498. The van der Waals surface area contributed by atoms with Crippen molar-refractivity contribution in [2.45, 2.75) is 29.5 Å². The molecule has 8 heteroatoms. The summed E-state index contributed by atoms with van der Waals surface area (Å²) in [6, 6.07) is 16.4. The van der Waals surface area contributed by atoms with Gasteiger partial charge >= 0.3 is 0 Å². The molecule has 1 aliphatic carbocycles. The van der Waals surface area contributed by atoms with Crippen LogP contribution in [0.25, 0.3) is 10.8 Å². The van der Waals surface area contributed by atoms with Crippen LogP contribution in [0.3, 0.4) is 0 Å². The number of nitrogens with two attached hydrogens (primary N) is 1. The monoisotopic (exact) mass is 471 g/mol. The lowest BCUT2D eigenvalue weighted by molar-refractivity contribution is -0.116. The van der Waals surface area contributed by atoms with Gasteiger partial charge in [-0.25, -0.2) is 0 Å². The predicted octanol–water partition coefficient (Wildman–Crippen LogP) is 5.27. The molecule has 2 aliphatic rings. The van der Waals surface area contributed by atoms with Gasteiger partial charge in [-0.1, -0.05) is 71.6 Å². The van der Waals surface area contributed by atoms with E-state index in [4.69, 9.17) is 5.73 Å². The molecule has 2 aromatic carbocycles. The lowest BCUT2D eigenvalue weighted by atomic mass is 9.74. The van der Waals surface area contributed by atoms with E-state index in [2.05, 4.69) is 22.8 Å². The summed E-state index contributed by atoms with van der Waals surface area (Å²) in [7, 11) is 0. The molecule has 2 heterocycles. The smallest absolute Gasteiger partial charge is 0.219 e. The van der Waals surface area contributed by atoms with Crippen LogP contribution in [0.4, 0.5) is 5.13 Å².